The largest absolute Gasteiger partial charge is 0.339 e. The van der Waals surface area contributed by atoms with Gasteiger partial charge < -0.3 is 5.32 Å². The predicted octanol–water partition coefficient (Wildman–Crippen LogP) is 3.80. The molecule has 102 valence electrons. The predicted molar refractivity (Wildman–Crippen MR) is 82.4 cm³/mol. The van der Waals surface area contributed by atoms with E-state index in [1.54, 1.807) is 18.3 Å². The minimum absolute atomic E-state index is 0.385. The van der Waals surface area contributed by atoms with E-state index in [9.17, 15) is 4.79 Å². The average Bonchev–Trinajstić information content (AvgIpc) is 2.44. The Morgan fingerprint density at radius 1 is 1.15 bits per heavy atom. The summed E-state index contributed by atoms with van der Waals surface area (Å²) in [6.07, 6.45) is 1.55. The average molecular weight is 288 g/mol. The van der Waals surface area contributed by atoms with Crippen LogP contribution in [0.5, 0.6) is 0 Å². The monoisotopic (exact) mass is 287 g/mol. The van der Waals surface area contributed by atoms with Crippen LogP contribution in [0.2, 0.25) is 5.02 Å². The number of carbonyl (C=O) groups is 1. The molecule has 2 rings (SSSR count). The molecule has 20 heavy (non-hydrogen) atoms. The molecule has 0 saturated heterocycles. The lowest BCUT2D eigenvalue weighted by molar-refractivity contribution is 0.252. The standard InChI is InChI=1S/C15H14ClN3O/c1-11-4-2-3-5-14(11)18-15(20)19-17-10-12-6-8-13(16)9-7-12/h2-10H,1H3,(H2,18,19,20)/b17-10-. The molecule has 0 spiro atoms. The van der Waals surface area contributed by atoms with Gasteiger partial charge in [-0.15, -0.1) is 0 Å². The molecule has 2 N–H and O–H groups in total. The number of benzene rings is 2. The van der Waals surface area contributed by atoms with Crippen molar-refractivity contribution >= 4 is 29.5 Å². The molecule has 5 heteroatoms. The minimum atomic E-state index is -0.385. The third kappa shape index (κ3) is 4.10. The Morgan fingerprint density at radius 3 is 2.55 bits per heavy atom. The number of amides is 2. The zero-order valence-electron chi connectivity index (χ0n) is 10.9. The number of aryl methyl sites for hydroxylation is 1. The maximum absolute atomic E-state index is 11.7. The molecule has 0 aliphatic heterocycles. The van der Waals surface area contributed by atoms with Crippen molar-refractivity contribution in [1.82, 2.24) is 5.43 Å². The second-order valence-corrected chi connectivity index (χ2v) is 4.63. The highest BCUT2D eigenvalue weighted by molar-refractivity contribution is 6.30. The topological polar surface area (TPSA) is 53.5 Å². The van der Waals surface area contributed by atoms with Crippen molar-refractivity contribution in [3.8, 4) is 0 Å². The molecule has 0 bridgehead atoms. The Labute approximate surface area is 122 Å². The van der Waals surface area contributed by atoms with Gasteiger partial charge in [0, 0.05) is 10.7 Å². The normalized spacial score (nSPS) is 10.5. The number of hydrogen-bond acceptors (Lipinski definition) is 2. The second-order valence-electron chi connectivity index (χ2n) is 4.19. The Morgan fingerprint density at radius 2 is 1.85 bits per heavy atom. The van der Waals surface area contributed by atoms with Crippen LogP contribution in [0, 0.1) is 6.92 Å². The van der Waals surface area contributed by atoms with Gasteiger partial charge in [-0.05, 0) is 36.2 Å². The van der Waals surface area contributed by atoms with E-state index >= 15 is 0 Å². The third-order valence-corrected chi connectivity index (χ3v) is 2.89. The summed E-state index contributed by atoms with van der Waals surface area (Å²) >= 11 is 5.78. The van der Waals surface area contributed by atoms with Gasteiger partial charge in [0.15, 0.2) is 0 Å². The molecular formula is C15H14ClN3O. The molecule has 0 aliphatic rings. The molecule has 0 aromatic heterocycles. The zero-order chi connectivity index (χ0) is 14.4. The van der Waals surface area contributed by atoms with Crippen molar-refractivity contribution in [3.05, 3.63) is 64.7 Å². The molecule has 0 unspecified atom stereocenters. The van der Waals surface area contributed by atoms with Gasteiger partial charge >= 0.3 is 6.03 Å². The van der Waals surface area contributed by atoms with E-state index in [0.717, 1.165) is 16.8 Å². The van der Waals surface area contributed by atoms with E-state index in [0.29, 0.717) is 5.02 Å². The Kier molecular flexibility index (Phi) is 4.74. The van der Waals surface area contributed by atoms with Crippen LogP contribution in [0.15, 0.2) is 53.6 Å². The molecule has 4 nitrogen and oxygen atoms in total. The van der Waals surface area contributed by atoms with Gasteiger partial charge in [0.05, 0.1) is 6.21 Å². The molecule has 0 radical (unpaired) electrons. The smallest absolute Gasteiger partial charge is 0.306 e. The molecule has 0 atom stereocenters. The van der Waals surface area contributed by atoms with E-state index in [4.69, 9.17) is 11.6 Å². The first kappa shape index (κ1) is 14.1. The summed E-state index contributed by atoms with van der Waals surface area (Å²) in [6.45, 7) is 1.92. The van der Waals surface area contributed by atoms with Gasteiger partial charge in [0.2, 0.25) is 0 Å². The van der Waals surface area contributed by atoms with Crippen LogP contribution in [0.3, 0.4) is 0 Å². The zero-order valence-corrected chi connectivity index (χ0v) is 11.7. The number of para-hydroxylation sites is 1. The van der Waals surface area contributed by atoms with Crippen LogP contribution in [-0.2, 0) is 0 Å². The SMILES string of the molecule is Cc1ccccc1NC(=O)N/N=C\c1ccc(Cl)cc1. The number of halogens is 1. The van der Waals surface area contributed by atoms with E-state index in [2.05, 4.69) is 15.8 Å². The summed E-state index contributed by atoms with van der Waals surface area (Å²) in [6, 6.07) is 14.3. The number of hydrazone groups is 1. The van der Waals surface area contributed by atoms with Crippen molar-refractivity contribution in [2.45, 2.75) is 6.92 Å². The number of urea groups is 1. The Hall–Kier alpha value is -2.33. The number of nitrogens with one attached hydrogen (secondary N) is 2. The van der Waals surface area contributed by atoms with Crippen LogP contribution in [-0.4, -0.2) is 12.2 Å². The summed E-state index contributed by atoms with van der Waals surface area (Å²) in [5.41, 5.74) is 5.01. The lowest BCUT2D eigenvalue weighted by Gasteiger charge is -2.06. The van der Waals surface area contributed by atoms with Gasteiger partial charge in [-0.2, -0.15) is 5.10 Å². The lowest BCUT2D eigenvalue weighted by atomic mass is 10.2. The molecule has 0 fully saturated rings. The summed E-state index contributed by atoms with van der Waals surface area (Å²) in [7, 11) is 0. The molecule has 0 saturated carbocycles. The number of nitrogens with zero attached hydrogens (tertiary/aromatic N) is 1. The molecule has 2 aromatic carbocycles. The first-order valence-electron chi connectivity index (χ1n) is 6.06. The molecule has 2 aromatic rings. The van der Waals surface area contributed by atoms with Crippen molar-refractivity contribution in [1.29, 1.82) is 0 Å². The number of anilines is 1. The first-order valence-corrected chi connectivity index (χ1v) is 6.44. The highest BCUT2D eigenvalue weighted by Gasteiger charge is 2.01. The highest BCUT2D eigenvalue weighted by atomic mass is 35.5. The van der Waals surface area contributed by atoms with Gasteiger partial charge in [-0.3, -0.25) is 0 Å². The second kappa shape index (κ2) is 6.73. The minimum Gasteiger partial charge on any atom is -0.306 e. The van der Waals surface area contributed by atoms with E-state index in [-0.39, 0.29) is 6.03 Å². The van der Waals surface area contributed by atoms with E-state index in [1.807, 2.05) is 43.3 Å². The lowest BCUT2D eigenvalue weighted by Crippen LogP contribution is -2.24. The van der Waals surface area contributed by atoms with Crippen molar-refractivity contribution in [3.63, 3.8) is 0 Å². The van der Waals surface area contributed by atoms with Gasteiger partial charge in [0.1, 0.15) is 0 Å². The summed E-state index contributed by atoms with van der Waals surface area (Å²) in [4.78, 5) is 11.7. The van der Waals surface area contributed by atoms with Crippen molar-refractivity contribution < 1.29 is 4.79 Å². The van der Waals surface area contributed by atoms with Gasteiger partial charge in [-0.1, -0.05) is 41.9 Å². The van der Waals surface area contributed by atoms with Crippen molar-refractivity contribution in [2.24, 2.45) is 5.10 Å². The number of carbonyl (C=O) groups excluding carboxylic acids is 1. The van der Waals surface area contributed by atoms with Crippen LogP contribution < -0.4 is 10.7 Å². The van der Waals surface area contributed by atoms with Crippen LogP contribution >= 0.6 is 11.6 Å². The summed E-state index contributed by atoms with van der Waals surface area (Å²) < 4.78 is 0. The van der Waals surface area contributed by atoms with Gasteiger partial charge in [-0.25, -0.2) is 10.2 Å². The van der Waals surface area contributed by atoms with Crippen LogP contribution in [0.25, 0.3) is 0 Å². The molecule has 0 aliphatic carbocycles. The molecular weight excluding hydrogens is 274 g/mol. The third-order valence-electron chi connectivity index (χ3n) is 2.64. The molecule has 2 amide bonds. The quantitative estimate of drug-likeness (QED) is 0.655. The first-order chi connectivity index (χ1) is 9.65. The van der Waals surface area contributed by atoms with E-state index in [1.165, 1.54) is 0 Å². The maximum atomic E-state index is 11.7. The summed E-state index contributed by atoms with van der Waals surface area (Å²) in [5, 5.41) is 7.25. The summed E-state index contributed by atoms with van der Waals surface area (Å²) in [5.74, 6) is 0. The Bertz CT molecular complexity index is 623. The Balaban J connectivity index is 1.89. The van der Waals surface area contributed by atoms with Crippen molar-refractivity contribution in [2.75, 3.05) is 5.32 Å². The number of hydrogen-bond donors (Lipinski definition) is 2. The van der Waals surface area contributed by atoms with E-state index < -0.39 is 0 Å². The fourth-order valence-corrected chi connectivity index (χ4v) is 1.70. The van der Waals surface area contributed by atoms with Crippen LogP contribution in [0.1, 0.15) is 11.1 Å². The fraction of sp³-hybridized carbons (Fsp3) is 0.0667. The molecule has 0 heterocycles. The fourth-order valence-electron chi connectivity index (χ4n) is 1.58. The van der Waals surface area contributed by atoms with Crippen LogP contribution in [0.4, 0.5) is 10.5 Å². The number of rotatable bonds is 3. The van der Waals surface area contributed by atoms with Gasteiger partial charge in [0.25, 0.3) is 0 Å². The highest BCUT2D eigenvalue weighted by Crippen LogP contribution is 2.12. The maximum Gasteiger partial charge on any atom is 0.339 e.